The molecule has 0 aliphatic heterocycles. The van der Waals surface area contributed by atoms with E-state index in [-0.39, 0.29) is 11.8 Å². The second kappa shape index (κ2) is 6.70. The molecule has 0 unspecified atom stereocenters. The molecule has 0 bridgehead atoms. The van der Waals surface area contributed by atoms with Crippen molar-refractivity contribution >= 4 is 17.5 Å². The molecule has 2 aromatic rings. The molecular weight excluding hydrogens is 264 g/mol. The average molecular weight is 282 g/mol. The van der Waals surface area contributed by atoms with E-state index in [0.29, 0.717) is 17.7 Å². The smallest absolute Gasteiger partial charge is 0.253 e. The van der Waals surface area contributed by atoms with E-state index in [9.17, 15) is 9.59 Å². The van der Waals surface area contributed by atoms with Gasteiger partial charge in [-0.05, 0) is 29.8 Å². The van der Waals surface area contributed by atoms with Crippen LogP contribution in [0, 0.1) is 0 Å². The van der Waals surface area contributed by atoms with E-state index in [1.165, 1.54) is 4.90 Å². The molecule has 0 heterocycles. The molecule has 108 valence electrons. The summed E-state index contributed by atoms with van der Waals surface area (Å²) < 4.78 is 0. The van der Waals surface area contributed by atoms with Crippen LogP contribution in [0.2, 0.25) is 0 Å². The molecule has 4 heteroatoms. The van der Waals surface area contributed by atoms with Gasteiger partial charge < -0.3 is 10.2 Å². The van der Waals surface area contributed by atoms with Crippen molar-refractivity contribution in [2.24, 2.45) is 0 Å². The zero-order valence-electron chi connectivity index (χ0n) is 12.2. The molecule has 0 saturated heterocycles. The minimum atomic E-state index is -0.0760. The topological polar surface area (TPSA) is 49.4 Å². The lowest BCUT2D eigenvalue weighted by Crippen LogP contribution is -2.21. The van der Waals surface area contributed by atoms with Crippen LogP contribution in [0.4, 0.5) is 5.69 Å². The molecule has 4 nitrogen and oxygen atoms in total. The minimum absolute atomic E-state index is 0.0582. The van der Waals surface area contributed by atoms with Crippen LogP contribution in [0.1, 0.15) is 15.9 Å². The lowest BCUT2D eigenvalue weighted by atomic mass is 10.1. The monoisotopic (exact) mass is 282 g/mol. The Morgan fingerprint density at radius 2 is 1.57 bits per heavy atom. The van der Waals surface area contributed by atoms with Gasteiger partial charge in [-0.3, -0.25) is 9.59 Å². The van der Waals surface area contributed by atoms with Crippen LogP contribution in [0.15, 0.2) is 54.6 Å². The molecule has 0 fully saturated rings. The average Bonchev–Trinajstić information content (AvgIpc) is 2.48. The normalized spacial score (nSPS) is 10.0. The SMILES string of the molecule is CN(C)C(=O)c1ccc(NC(=O)Cc2ccccc2)cc1. The summed E-state index contributed by atoms with van der Waals surface area (Å²) in [5, 5.41) is 2.82. The lowest BCUT2D eigenvalue weighted by molar-refractivity contribution is -0.115. The number of benzene rings is 2. The summed E-state index contributed by atoms with van der Waals surface area (Å²) in [7, 11) is 3.41. The molecule has 0 saturated carbocycles. The number of hydrogen-bond donors (Lipinski definition) is 1. The third-order valence-corrected chi connectivity index (χ3v) is 3.03. The fourth-order valence-corrected chi connectivity index (χ4v) is 1.94. The van der Waals surface area contributed by atoms with Crippen LogP contribution in [-0.2, 0) is 11.2 Å². The van der Waals surface area contributed by atoms with Gasteiger partial charge in [-0.25, -0.2) is 0 Å². The molecule has 2 rings (SSSR count). The number of nitrogens with one attached hydrogen (secondary N) is 1. The third-order valence-electron chi connectivity index (χ3n) is 3.03. The Morgan fingerprint density at radius 1 is 0.952 bits per heavy atom. The van der Waals surface area contributed by atoms with Crippen LogP contribution in [-0.4, -0.2) is 30.8 Å². The van der Waals surface area contributed by atoms with Gasteiger partial charge in [0, 0.05) is 25.3 Å². The lowest BCUT2D eigenvalue weighted by Gasteiger charge is -2.11. The molecule has 0 atom stereocenters. The van der Waals surface area contributed by atoms with Crippen LogP contribution in [0.25, 0.3) is 0 Å². The van der Waals surface area contributed by atoms with Crippen LogP contribution in [0.3, 0.4) is 0 Å². The maximum Gasteiger partial charge on any atom is 0.253 e. The Kier molecular flexibility index (Phi) is 4.72. The van der Waals surface area contributed by atoms with Gasteiger partial charge in [-0.1, -0.05) is 30.3 Å². The first-order valence-electron chi connectivity index (χ1n) is 6.72. The van der Waals surface area contributed by atoms with E-state index < -0.39 is 0 Å². The van der Waals surface area contributed by atoms with Crippen LogP contribution in [0.5, 0.6) is 0 Å². The van der Waals surface area contributed by atoms with Crippen LogP contribution < -0.4 is 5.32 Å². The molecule has 0 aromatic heterocycles. The van der Waals surface area contributed by atoms with Gasteiger partial charge in [-0.2, -0.15) is 0 Å². The van der Waals surface area contributed by atoms with E-state index in [0.717, 1.165) is 5.56 Å². The minimum Gasteiger partial charge on any atom is -0.345 e. The van der Waals surface area contributed by atoms with Gasteiger partial charge in [0.05, 0.1) is 6.42 Å². The third kappa shape index (κ3) is 4.18. The number of rotatable bonds is 4. The maximum absolute atomic E-state index is 11.9. The van der Waals surface area contributed by atoms with Gasteiger partial charge in [0.15, 0.2) is 0 Å². The number of hydrogen-bond acceptors (Lipinski definition) is 2. The van der Waals surface area contributed by atoms with Crippen molar-refractivity contribution in [3.05, 3.63) is 65.7 Å². The van der Waals surface area contributed by atoms with E-state index in [1.54, 1.807) is 38.4 Å². The Morgan fingerprint density at radius 3 is 2.14 bits per heavy atom. The molecule has 0 spiro atoms. The summed E-state index contributed by atoms with van der Waals surface area (Å²) in [6.45, 7) is 0. The van der Waals surface area contributed by atoms with E-state index in [2.05, 4.69) is 5.32 Å². The van der Waals surface area contributed by atoms with Crippen molar-refractivity contribution in [1.82, 2.24) is 4.90 Å². The number of amides is 2. The Hall–Kier alpha value is -2.62. The van der Waals surface area contributed by atoms with Crippen molar-refractivity contribution in [2.45, 2.75) is 6.42 Å². The Bertz CT molecular complexity index is 619. The van der Waals surface area contributed by atoms with Crippen molar-refractivity contribution in [1.29, 1.82) is 0 Å². The molecular formula is C17H18N2O2. The zero-order valence-corrected chi connectivity index (χ0v) is 12.2. The maximum atomic E-state index is 11.9. The second-order valence-electron chi connectivity index (χ2n) is 4.99. The summed E-state index contributed by atoms with van der Waals surface area (Å²) in [6, 6.07) is 16.5. The number of carbonyl (C=O) groups excluding carboxylic acids is 2. The van der Waals surface area contributed by atoms with Gasteiger partial charge in [0.2, 0.25) is 5.91 Å². The molecule has 0 aliphatic carbocycles. The number of anilines is 1. The first-order valence-corrected chi connectivity index (χ1v) is 6.72. The van der Waals surface area contributed by atoms with Gasteiger partial charge in [0.1, 0.15) is 0 Å². The van der Waals surface area contributed by atoms with Crippen LogP contribution >= 0.6 is 0 Å². The Balaban J connectivity index is 1.97. The van der Waals surface area contributed by atoms with Gasteiger partial charge in [0.25, 0.3) is 5.91 Å². The van der Waals surface area contributed by atoms with E-state index >= 15 is 0 Å². The highest BCUT2D eigenvalue weighted by atomic mass is 16.2. The highest BCUT2D eigenvalue weighted by molar-refractivity contribution is 5.95. The van der Waals surface area contributed by atoms with E-state index in [1.807, 2.05) is 30.3 Å². The molecule has 2 amide bonds. The summed E-state index contributed by atoms with van der Waals surface area (Å²) in [5.74, 6) is -0.134. The first-order chi connectivity index (χ1) is 10.1. The second-order valence-corrected chi connectivity index (χ2v) is 4.99. The molecule has 21 heavy (non-hydrogen) atoms. The highest BCUT2D eigenvalue weighted by Gasteiger charge is 2.08. The molecule has 2 aromatic carbocycles. The molecule has 0 aliphatic rings. The summed E-state index contributed by atoms with van der Waals surface area (Å²) in [4.78, 5) is 25.2. The van der Waals surface area contributed by atoms with Crippen molar-refractivity contribution in [3.63, 3.8) is 0 Å². The highest BCUT2D eigenvalue weighted by Crippen LogP contribution is 2.11. The molecule has 1 N–H and O–H groups in total. The predicted molar refractivity (Wildman–Crippen MR) is 83.2 cm³/mol. The quantitative estimate of drug-likeness (QED) is 0.937. The van der Waals surface area contributed by atoms with E-state index in [4.69, 9.17) is 0 Å². The molecule has 0 radical (unpaired) electrons. The standard InChI is InChI=1S/C17H18N2O2/c1-19(2)17(21)14-8-10-15(11-9-14)18-16(20)12-13-6-4-3-5-7-13/h3-11H,12H2,1-2H3,(H,18,20). The first kappa shape index (κ1) is 14.8. The Labute approximate surface area is 124 Å². The summed E-state index contributed by atoms with van der Waals surface area (Å²) in [6.07, 6.45) is 0.333. The number of carbonyl (C=O) groups is 2. The zero-order chi connectivity index (χ0) is 15.2. The van der Waals surface area contributed by atoms with Gasteiger partial charge in [-0.15, -0.1) is 0 Å². The largest absolute Gasteiger partial charge is 0.345 e. The van der Waals surface area contributed by atoms with Crippen molar-refractivity contribution in [3.8, 4) is 0 Å². The van der Waals surface area contributed by atoms with Crippen molar-refractivity contribution < 1.29 is 9.59 Å². The van der Waals surface area contributed by atoms with Crippen molar-refractivity contribution in [2.75, 3.05) is 19.4 Å². The fraction of sp³-hybridized carbons (Fsp3) is 0.176. The van der Waals surface area contributed by atoms with Gasteiger partial charge >= 0.3 is 0 Å². The summed E-state index contributed by atoms with van der Waals surface area (Å²) in [5.41, 5.74) is 2.25. The fourth-order valence-electron chi connectivity index (χ4n) is 1.94. The number of nitrogens with zero attached hydrogens (tertiary/aromatic N) is 1. The predicted octanol–water partition coefficient (Wildman–Crippen LogP) is 2.57. The summed E-state index contributed by atoms with van der Waals surface area (Å²) >= 11 is 0.